The molecule has 0 radical (unpaired) electrons. The Morgan fingerprint density at radius 2 is 1.84 bits per heavy atom. The van der Waals surface area contributed by atoms with Crippen LogP contribution >= 0.6 is 11.3 Å². The highest BCUT2D eigenvalue weighted by atomic mass is 32.1. The maximum absolute atomic E-state index is 5.27. The van der Waals surface area contributed by atoms with Crippen LogP contribution in [0.1, 0.15) is 6.42 Å². The van der Waals surface area contributed by atoms with Gasteiger partial charge in [-0.1, -0.05) is 18.2 Å². The highest BCUT2D eigenvalue weighted by molar-refractivity contribution is 7.07. The predicted molar refractivity (Wildman–Crippen MR) is 105 cm³/mol. The first-order valence-corrected chi connectivity index (χ1v) is 9.27. The van der Waals surface area contributed by atoms with Crippen LogP contribution in [0.5, 0.6) is 5.75 Å². The molecule has 0 atom stereocenters. The summed E-state index contributed by atoms with van der Waals surface area (Å²) in [5.74, 6) is 0.870. The monoisotopic (exact) mass is 353 g/mol. The number of methoxy groups -OCH3 is 1. The van der Waals surface area contributed by atoms with Gasteiger partial charge in [0.05, 0.1) is 18.5 Å². The smallest absolute Gasteiger partial charge is 0.190 e. The standard InChI is InChI=1S/C20H23N3OS/c1-21-13-6-14-23-19(16-9-11-18(24-2)12-10-16)15-25-20(23)22-17-7-4-3-5-8-17/h3-5,7-12,15,21H,6,13-14H2,1-2H3. The van der Waals surface area contributed by atoms with Crippen molar-refractivity contribution < 1.29 is 4.74 Å². The second-order valence-corrected chi connectivity index (χ2v) is 6.52. The Hall–Kier alpha value is -2.37. The van der Waals surface area contributed by atoms with E-state index in [1.807, 2.05) is 49.5 Å². The van der Waals surface area contributed by atoms with E-state index in [1.165, 1.54) is 11.3 Å². The maximum atomic E-state index is 5.27. The number of rotatable bonds is 7. The Labute approximate surface area is 152 Å². The van der Waals surface area contributed by atoms with Crippen LogP contribution in [-0.4, -0.2) is 25.3 Å². The number of hydrogen-bond acceptors (Lipinski definition) is 4. The van der Waals surface area contributed by atoms with Crippen molar-refractivity contribution in [1.82, 2.24) is 9.88 Å². The fraction of sp³-hybridized carbons (Fsp3) is 0.250. The van der Waals surface area contributed by atoms with E-state index in [0.717, 1.165) is 35.7 Å². The van der Waals surface area contributed by atoms with E-state index < -0.39 is 0 Å². The number of nitrogens with one attached hydrogen (secondary N) is 1. The predicted octanol–water partition coefficient (Wildman–Crippen LogP) is 4.07. The first kappa shape index (κ1) is 17.5. The van der Waals surface area contributed by atoms with E-state index in [2.05, 4.69) is 27.4 Å². The first-order chi connectivity index (χ1) is 12.3. The van der Waals surface area contributed by atoms with Crippen LogP contribution in [0.3, 0.4) is 0 Å². The summed E-state index contributed by atoms with van der Waals surface area (Å²) < 4.78 is 7.57. The van der Waals surface area contributed by atoms with Gasteiger partial charge in [0, 0.05) is 11.9 Å². The Bertz CT molecular complexity index is 851. The molecule has 0 aliphatic heterocycles. The molecule has 4 nitrogen and oxygen atoms in total. The van der Waals surface area contributed by atoms with Gasteiger partial charge in [0.1, 0.15) is 5.75 Å². The summed E-state index contributed by atoms with van der Waals surface area (Å²) in [6.45, 7) is 1.91. The molecule has 1 N–H and O–H groups in total. The molecular formula is C20H23N3OS. The largest absolute Gasteiger partial charge is 0.497 e. The Morgan fingerprint density at radius 1 is 1.08 bits per heavy atom. The lowest BCUT2D eigenvalue weighted by atomic mass is 10.1. The lowest BCUT2D eigenvalue weighted by Crippen LogP contribution is -2.19. The molecule has 3 rings (SSSR count). The molecule has 1 aromatic heterocycles. The van der Waals surface area contributed by atoms with Crippen molar-refractivity contribution in [3.05, 3.63) is 64.8 Å². The molecule has 3 aromatic rings. The number of hydrogen-bond donors (Lipinski definition) is 1. The van der Waals surface area contributed by atoms with Gasteiger partial charge >= 0.3 is 0 Å². The van der Waals surface area contributed by atoms with E-state index >= 15 is 0 Å². The SMILES string of the molecule is CNCCCn1c(-c2ccc(OC)cc2)csc1=Nc1ccccc1. The van der Waals surface area contributed by atoms with Crippen LogP contribution < -0.4 is 14.9 Å². The van der Waals surface area contributed by atoms with Gasteiger partial charge in [-0.05, 0) is 62.0 Å². The van der Waals surface area contributed by atoms with Crippen molar-refractivity contribution in [3.63, 3.8) is 0 Å². The third-order valence-electron chi connectivity index (χ3n) is 3.97. The normalized spacial score (nSPS) is 11.7. The second-order valence-electron chi connectivity index (χ2n) is 5.69. The van der Waals surface area contributed by atoms with Crippen LogP contribution in [0, 0.1) is 0 Å². The topological polar surface area (TPSA) is 38.5 Å². The fourth-order valence-electron chi connectivity index (χ4n) is 2.65. The summed E-state index contributed by atoms with van der Waals surface area (Å²) in [4.78, 5) is 5.86. The van der Waals surface area contributed by atoms with Crippen molar-refractivity contribution in [1.29, 1.82) is 0 Å². The summed E-state index contributed by atoms with van der Waals surface area (Å²) in [7, 11) is 3.67. The number of benzene rings is 2. The zero-order valence-corrected chi connectivity index (χ0v) is 15.4. The third-order valence-corrected chi connectivity index (χ3v) is 4.84. The second kappa shape index (κ2) is 8.65. The highest BCUT2D eigenvalue weighted by Crippen LogP contribution is 2.23. The number of para-hydroxylation sites is 1. The molecule has 5 heteroatoms. The van der Waals surface area contributed by atoms with Crippen molar-refractivity contribution in [2.24, 2.45) is 4.99 Å². The average Bonchev–Trinajstić information content (AvgIpc) is 3.05. The van der Waals surface area contributed by atoms with Gasteiger partial charge in [0.15, 0.2) is 4.80 Å². The zero-order chi connectivity index (χ0) is 17.5. The minimum Gasteiger partial charge on any atom is -0.497 e. The number of nitrogens with zero attached hydrogens (tertiary/aromatic N) is 2. The maximum Gasteiger partial charge on any atom is 0.190 e. The summed E-state index contributed by atoms with van der Waals surface area (Å²) in [5.41, 5.74) is 3.35. The average molecular weight is 353 g/mol. The molecular weight excluding hydrogens is 330 g/mol. The van der Waals surface area contributed by atoms with E-state index in [1.54, 1.807) is 18.4 Å². The number of ether oxygens (including phenoxy) is 1. The summed E-state index contributed by atoms with van der Waals surface area (Å²) in [5, 5.41) is 5.40. The summed E-state index contributed by atoms with van der Waals surface area (Å²) >= 11 is 1.68. The van der Waals surface area contributed by atoms with Gasteiger partial charge in [-0.25, -0.2) is 4.99 Å². The molecule has 0 aliphatic carbocycles. The molecule has 0 fully saturated rings. The van der Waals surface area contributed by atoms with Gasteiger partial charge in [0.2, 0.25) is 0 Å². The first-order valence-electron chi connectivity index (χ1n) is 8.39. The molecule has 130 valence electrons. The lowest BCUT2D eigenvalue weighted by Gasteiger charge is -2.10. The van der Waals surface area contributed by atoms with Gasteiger partial charge in [0.25, 0.3) is 0 Å². The molecule has 0 aliphatic rings. The third kappa shape index (κ3) is 4.38. The Morgan fingerprint density at radius 3 is 2.52 bits per heavy atom. The molecule has 1 heterocycles. The van der Waals surface area contributed by atoms with E-state index in [4.69, 9.17) is 9.73 Å². The van der Waals surface area contributed by atoms with Crippen LogP contribution in [0.4, 0.5) is 5.69 Å². The van der Waals surface area contributed by atoms with Crippen LogP contribution in [0.15, 0.2) is 65.0 Å². The van der Waals surface area contributed by atoms with Crippen molar-refractivity contribution in [2.45, 2.75) is 13.0 Å². The molecule has 2 aromatic carbocycles. The minimum atomic E-state index is 0.870. The van der Waals surface area contributed by atoms with Gasteiger partial charge < -0.3 is 14.6 Å². The molecule has 0 saturated carbocycles. The van der Waals surface area contributed by atoms with Crippen LogP contribution in [0.25, 0.3) is 11.3 Å². The molecule has 0 bridgehead atoms. The summed E-state index contributed by atoms with van der Waals surface area (Å²) in [6.07, 6.45) is 1.05. The van der Waals surface area contributed by atoms with E-state index in [-0.39, 0.29) is 0 Å². The zero-order valence-electron chi connectivity index (χ0n) is 14.6. The van der Waals surface area contributed by atoms with E-state index in [0.29, 0.717) is 0 Å². The number of aromatic nitrogens is 1. The van der Waals surface area contributed by atoms with Crippen LogP contribution in [-0.2, 0) is 6.54 Å². The summed E-state index contributed by atoms with van der Waals surface area (Å²) in [6, 6.07) is 18.3. The van der Waals surface area contributed by atoms with Crippen LogP contribution in [0.2, 0.25) is 0 Å². The molecule has 0 spiro atoms. The quantitative estimate of drug-likeness (QED) is 0.650. The minimum absolute atomic E-state index is 0.870. The fourth-order valence-corrected chi connectivity index (χ4v) is 3.61. The van der Waals surface area contributed by atoms with E-state index in [9.17, 15) is 0 Å². The van der Waals surface area contributed by atoms with Gasteiger partial charge in [-0.3, -0.25) is 0 Å². The molecule has 0 unspecified atom stereocenters. The van der Waals surface area contributed by atoms with Crippen molar-refractivity contribution in [3.8, 4) is 17.0 Å². The molecule has 0 amide bonds. The molecule has 25 heavy (non-hydrogen) atoms. The number of thiazole rings is 1. The Balaban J connectivity index is 2.01. The highest BCUT2D eigenvalue weighted by Gasteiger charge is 2.08. The van der Waals surface area contributed by atoms with Crippen molar-refractivity contribution >= 4 is 17.0 Å². The van der Waals surface area contributed by atoms with Gasteiger partial charge in [-0.2, -0.15) is 0 Å². The lowest BCUT2D eigenvalue weighted by molar-refractivity contribution is 0.415. The van der Waals surface area contributed by atoms with Crippen molar-refractivity contribution in [2.75, 3.05) is 20.7 Å². The van der Waals surface area contributed by atoms with Gasteiger partial charge in [-0.15, -0.1) is 11.3 Å². The molecule has 0 saturated heterocycles. The Kier molecular flexibility index (Phi) is 6.04.